The lowest BCUT2D eigenvalue weighted by atomic mass is 10.1. The minimum Gasteiger partial charge on any atom is -0.490 e. The van der Waals surface area contributed by atoms with Crippen molar-refractivity contribution in [2.75, 3.05) is 19.0 Å². The van der Waals surface area contributed by atoms with E-state index in [4.69, 9.17) is 4.74 Å². The third-order valence-corrected chi connectivity index (χ3v) is 3.62. The Morgan fingerprint density at radius 2 is 2.26 bits per heavy atom. The molecule has 1 unspecified atom stereocenters. The Hall–Kier alpha value is -1.63. The van der Waals surface area contributed by atoms with E-state index in [1.54, 1.807) is 0 Å². The average molecular weight is 331 g/mol. The minimum absolute atomic E-state index is 0.0171. The highest BCUT2D eigenvalue weighted by molar-refractivity contribution is 9.09. The Kier molecular flexibility index (Phi) is 5.75. The second kappa shape index (κ2) is 7.08. The van der Waals surface area contributed by atoms with Crippen molar-refractivity contribution in [2.45, 2.75) is 6.92 Å². The smallest absolute Gasteiger partial charge is 0.311 e. The lowest BCUT2D eigenvalue weighted by molar-refractivity contribution is -0.385. The third-order valence-electron chi connectivity index (χ3n) is 2.51. The summed E-state index contributed by atoms with van der Waals surface area (Å²) >= 11 is 3.31. The summed E-state index contributed by atoms with van der Waals surface area (Å²) < 4.78 is 4.98. The van der Waals surface area contributed by atoms with E-state index in [1.165, 1.54) is 25.3 Å². The number of rotatable bonds is 6. The lowest BCUT2D eigenvalue weighted by Crippen LogP contribution is -2.29. The number of hydrogen-bond donors (Lipinski definition) is 1. The highest BCUT2D eigenvalue weighted by Crippen LogP contribution is 2.30. The van der Waals surface area contributed by atoms with Crippen molar-refractivity contribution in [3.63, 3.8) is 0 Å². The minimum atomic E-state index is -0.573. The molecule has 0 saturated carbocycles. The normalized spacial score (nSPS) is 11.7. The number of hydrogen-bond acceptors (Lipinski definition) is 4. The molecular weight excluding hydrogens is 316 g/mol. The molecule has 0 aliphatic carbocycles. The lowest BCUT2D eigenvalue weighted by Gasteiger charge is -2.11. The van der Waals surface area contributed by atoms with E-state index in [1.807, 2.05) is 6.92 Å². The van der Waals surface area contributed by atoms with E-state index >= 15 is 0 Å². The molecule has 0 radical (unpaired) electrons. The molecule has 19 heavy (non-hydrogen) atoms. The molecule has 7 heteroatoms. The molecule has 6 nitrogen and oxygen atoms in total. The summed E-state index contributed by atoms with van der Waals surface area (Å²) in [7, 11) is 1.31. The van der Waals surface area contributed by atoms with Gasteiger partial charge in [-0.25, -0.2) is 0 Å². The molecule has 1 N–H and O–H groups in total. The number of amides is 1. The number of nitrogens with zero attached hydrogens (tertiary/aromatic N) is 1. The number of methoxy groups -OCH3 is 1. The van der Waals surface area contributed by atoms with Gasteiger partial charge in [0, 0.05) is 17.9 Å². The average Bonchev–Trinajstić information content (AvgIpc) is 2.43. The maximum absolute atomic E-state index is 12.0. The van der Waals surface area contributed by atoms with Gasteiger partial charge >= 0.3 is 5.69 Å². The van der Waals surface area contributed by atoms with Crippen molar-refractivity contribution in [3.05, 3.63) is 33.9 Å². The first-order chi connectivity index (χ1) is 9.01. The maximum atomic E-state index is 12.0. The predicted molar refractivity (Wildman–Crippen MR) is 74.9 cm³/mol. The molecule has 1 aromatic rings. The van der Waals surface area contributed by atoms with Crippen molar-refractivity contribution in [1.82, 2.24) is 5.32 Å². The second-order valence-corrected chi connectivity index (χ2v) is 4.73. The Morgan fingerprint density at radius 1 is 1.58 bits per heavy atom. The molecule has 1 rings (SSSR count). The van der Waals surface area contributed by atoms with Crippen LogP contribution in [0.2, 0.25) is 0 Å². The van der Waals surface area contributed by atoms with Crippen molar-refractivity contribution in [2.24, 2.45) is 5.92 Å². The molecular formula is C12H15BrN2O4. The van der Waals surface area contributed by atoms with Crippen LogP contribution in [0.5, 0.6) is 5.75 Å². The summed E-state index contributed by atoms with van der Waals surface area (Å²) in [6.45, 7) is 2.45. The Labute approximate surface area is 119 Å². The summed E-state index contributed by atoms with van der Waals surface area (Å²) in [5.41, 5.74) is -0.0536. The standard InChI is InChI=1S/C12H15BrN2O4/c1-8(6-13)7-14-12(16)9-4-3-5-10(15(17)18)11(9)19-2/h3-5,8H,6-7H2,1-2H3,(H,14,16). The van der Waals surface area contributed by atoms with E-state index in [0.29, 0.717) is 6.54 Å². The van der Waals surface area contributed by atoms with Crippen LogP contribution >= 0.6 is 15.9 Å². The zero-order chi connectivity index (χ0) is 14.4. The molecule has 0 spiro atoms. The van der Waals surface area contributed by atoms with Crippen molar-refractivity contribution < 1.29 is 14.5 Å². The van der Waals surface area contributed by atoms with Crippen LogP contribution in [-0.4, -0.2) is 29.8 Å². The molecule has 0 heterocycles. The summed E-state index contributed by atoms with van der Waals surface area (Å²) in [6.07, 6.45) is 0. The Balaban J connectivity index is 2.96. The molecule has 0 aliphatic heterocycles. The molecule has 0 saturated heterocycles. The molecule has 1 amide bonds. The van der Waals surface area contributed by atoms with Gasteiger partial charge in [-0.1, -0.05) is 28.9 Å². The van der Waals surface area contributed by atoms with Crippen LogP contribution in [0.3, 0.4) is 0 Å². The first-order valence-corrected chi connectivity index (χ1v) is 6.79. The molecule has 104 valence electrons. The largest absolute Gasteiger partial charge is 0.490 e. The van der Waals surface area contributed by atoms with Gasteiger partial charge < -0.3 is 10.1 Å². The fraction of sp³-hybridized carbons (Fsp3) is 0.417. The molecule has 0 aromatic heterocycles. The number of halogens is 1. The number of para-hydroxylation sites is 1. The van der Waals surface area contributed by atoms with Gasteiger partial charge in [-0.2, -0.15) is 0 Å². The quantitative estimate of drug-likeness (QED) is 0.493. The number of nitro benzene ring substituents is 1. The number of nitro groups is 1. The summed E-state index contributed by atoms with van der Waals surface area (Å²) in [4.78, 5) is 22.3. The van der Waals surface area contributed by atoms with E-state index in [0.717, 1.165) is 5.33 Å². The first-order valence-electron chi connectivity index (χ1n) is 5.66. The van der Waals surface area contributed by atoms with Crippen molar-refractivity contribution in [1.29, 1.82) is 0 Å². The number of alkyl halides is 1. The van der Waals surface area contributed by atoms with Gasteiger partial charge in [-0.15, -0.1) is 0 Å². The zero-order valence-electron chi connectivity index (χ0n) is 10.7. The highest BCUT2D eigenvalue weighted by atomic mass is 79.9. The fourth-order valence-electron chi connectivity index (χ4n) is 1.48. The SMILES string of the molecule is COc1c(C(=O)NCC(C)CBr)cccc1[N+](=O)[O-]. The van der Waals surface area contributed by atoms with E-state index in [-0.39, 0.29) is 28.8 Å². The van der Waals surface area contributed by atoms with Gasteiger partial charge in [-0.3, -0.25) is 14.9 Å². The number of carbonyl (C=O) groups excluding carboxylic acids is 1. The van der Waals surface area contributed by atoms with E-state index < -0.39 is 4.92 Å². The van der Waals surface area contributed by atoms with Gasteiger partial charge in [0.2, 0.25) is 5.75 Å². The number of benzene rings is 1. The van der Waals surface area contributed by atoms with Gasteiger partial charge in [-0.05, 0) is 12.0 Å². The molecule has 0 fully saturated rings. The molecule has 0 aliphatic rings. The maximum Gasteiger partial charge on any atom is 0.311 e. The van der Waals surface area contributed by atoms with Gasteiger partial charge in [0.05, 0.1) is 17.6 Å². The van der Waals surface area contributed by atoms with E-state index in [2.05, 4.69) is 21.2 Å². The van der Waals surface area contributed by atoms with Crippen molar-refractivity contribution in [3.8, 4) is 5.75 Å². The van der Waals surface area contributed by atoms with Crippen LogP contribution in [0.15, 0.2) is 18.2 Å². The topological polar surface area (TPSA) is 81.5 Å². The Bertz CT molecular complexity index is 479. The number of nitrogens with one attached hydrogen (secondary N) is 1. The molecule has 1 aromatic carbocycles. The zero-order valence-corrected chi connectivity index (χ0v) is 12.3. The van der Waals surface area contributed by atoms with E-state index in [9.17, 15) is 14.9 Å². The molecule has 0 bridgehead atoms. The second-order valence-electron chi connectivity index (χ2n) is 4.08. The Morgan fingerprint density at radius 3 is 2.79 bits per heavy atom. The van der Waals surface area contributed by atoms with Crippen LogP contribution in [0.1, 0.15) is 17.3 Å². The first kappa shape index (κ1) is 15.4. The molecule has 1 atom stereocenters. The van der Waals surface area contributed by atoms with Crippen LogP contribution in [0.25, 0.3) is 0 Å². The summed E-state index contributed by atoms with van der Waals surface area (Å²) in [5, 5.41) is 14.3. The summed E-state index contributed by atoms with van der Waals surface area (Å²) in [5.74, 6) is -0.126. The highest BCUT2D eigenvalue weighted by Gasteiger charge is 2.22. The number of ether oxygens (including phenoxy) is 1. The summed E-state index contributed by atoms with van der Waals surface area (Å²) in [6, 6.07) is 4.26. The monoisotopic (exact) mass is 330 g/mol. The van der Waals surface area contributed by atoms with Gasteiger partial charge in [0.1, 0.15) is 0 Å². The third kappa shape index (κ3) is 3.92. The van der Waals surface area contributed by atoms with Gasteiger partial charge in [0.25, 0.3) is 5.91 Å². The number of carbonyl (C=O) groups is 1. The fourth-order valence-corrected chi connectivity index (χ4v) is 1.71. The van der Waals surface area contributed by atoms with Crippen LogP contribution in [0, 0.1) is 16.0 Å². The van der Waals surface area contributed by atoms with Crippen LogP contribution in [0.4, 0.5) is 5.69 Å². The van der Waals surface area contributed by atoms with Gasteiger partial charge in [0.15, 0.2) is 0 Å². The van der Waals surface area contributed by atoms with Crippen LogP contribution in [-0.2, 0) is 0 Å². The van der Waals surface area contributed by atoms with Crippen molar-refractivity contribution >= 4 is 27.5 Å². The predicted octanol–water partition coefficient (Wildman–Crippen LogP) is 2.36. The van der Waals surface area contributed by atoms with Crippen LogP contribution < -0.4 is 10.1 Å².